The lowest BCUT2D eigenvalue weighted by Crippen LogP contribution is -2.09. The maximum absolute atomic E-state index is 12.5. The van der Waals surface area contributed by atoms with Gasteiger partial charge in [0.1, 0.15) is 0 Å². The lowest BCUT2D eigenvalue weighted by molar-refractivity contribution is -0.138. The van der Waals surface area contributed by atoms with Gasteiger partial charge in [-0.25, -0.2) is 9.18 Å². The van der Waals surface area contributed by atoms with Crippen molar-refractivity contribution in [3.63, 3.8) is 0 Å². The summed E-state index contributed by atoms with van der Waals surface area (Å²) < 4.78 is 17.3. The summed E-state index contributed by atoms with van der Waals surface area (Å²) in [5, 5.41) is 0.506. The van der Waals surface area contributed by atoms with Crippen molar-refractivity contribution in [1.29, 1.82) is 0 Å². The number of rotatable bonds is 4. The zero-order chi connectivity index (χ0) is 12.0. The van der Waals surface area contributed by atoms with Crippen molar-refractivity contribution >= 4 is 17.6 Å². The Bertz CT molecular complexity index is 402. The fourth-order valence-electron chi connectivity index (χ4n) is 1.23. The molecule has 0 saturated heterocycles. The van der Waals surface area contributed by atoms with E-state index in [9.17, 15) is 9.18 Å². The van der Waals surface area contributed by atoms with Crippen LogP contribution in [0.5, 0.6) is 0 Å². The number of ether oxygens (including phenoxy) is 1. The van der Waals surface area contributed by atoms with Gasteiger partial charge in [-0.3, -0.25) is 0 Å². The Labute approximate surface area is 98.7 Å². The molecule has 86 valence electrons. The zero-order valence-electron chi connectivity index (χ0n) is 8.87. The van der Waals surface area contributed by atoms with Crippen molar-refractivity contribution in [2.75, 3.05) is 6.61 Å². The van der Waals surface area contributed by atoms with Crippen LogP contribution in [0, 0.1) is 0 Å². The minimum absolute atomic E-state index is 0.0325. The molecule has 0 heterocycles. The molecule has 0 radical (unpaired) electrons. The lowest BCUT2D eigenvalue weighted by Gasteiger charge is -2.06. The average Bonchev–Trinajstić information content (AvgIpc) is 2.28. The molecule has 16 heavy (non-hydrogen) atoms. The maximum Gasteiger partial charge on any atom is 0.336 e. The van der Waals surface area contributed by atoms with Gasteiger partial charge in [0.2, 0.25) is 0 Å². The quantitative estimate of drug-likeness (QED) is 0.598. The number of benzene rings is 1. The van der Waals surface area contributed by atoms with Crippen molar-refractivity contribution in [3.8, 4) is 0 Å². The Hall–Kier alpha value is -1.35. The third-order valence-electron chi connectivity index (χ3n) is 2.01. The van der Waals surface area contributed by atoms with Crippen molar-refractivity contribution in [2.45, 2.75) is 13.3 Å². The molecule has 2 nitrogen and oxygen atoms in total. The van der Waals surface area contributed by atoms with E-state index in [4.69, 9.17) is 16.3 Å². The Morgan fingerprint density at radius 1 is 1.50 bits per heavy atom. The molecule has 1 rings (SSSR count). The molecular formula is C12H12ClFO2. The minimum atomic E-state index is -0.648. The number of hydrogen-bond donors (Lipinski definition) is 0. The second kappa shape index (κ2) is 6.28. The number of halogens is 2. The first kappa shape index (κ1) is 12.7. The van der Waals surface area contributed by atoms with E-state index in [0.29, 0.717) is 10.6 Å². The molecule has 0 aliphatic heterocycles. The summed E-state index contributed by atoms with van der Waals surface area (Å²) in [6, 6.07) is 6.99. The van der Waals surface area contributed by atoms with Gasteiger partial charge in [-0.05, 0) is 18.6 Å². The topological polar surface area (TPSA) is 26.3 Å². The Kier molecular flexibility index (Phi) is 4.99. The Balaban J connectivity index is 2.79. The Morgan fingerprint density at radius 3 is 2.75 bits per heavy atom. The van der Waals surface area contributed by atoms with Crippen molar-refractivity contribution in [1.82, 2.24) is 0 Å². The molecule has 0 unspecified atom stereocenters. The standard InChI is InChI=1S/C12H12ClFO2/c1-2-16-12(15)10(8-14)7-9-5-3-4-6-11(9)13/h3-6,8H,2,7H2,1H3/b10-8+. The highest BCUT2D eigenvalue weighted by Crippen LogP contribution is 2.19. The number of hydrogen-bond acceptors (Lipinski definition) is 2. The predicted octanol–water partition coefficient (Wildman–Crippen LogP) is 3.30. The fourth-order valence-corrected chi connectivity index (χ4v) is 1.43. The molecule has 1 aromatic rings. The molecule has 0 spiro atoms. The van der Waals surface area contributed by atoms with E-state index in [-0.39, 0.29) is 24.9 Å². The second-order valence-electron chi connectivity index (χ2n) is 3.12. The minimum Gasteiger partial charge on any atom is -0.463 e. The first-order valence-corrected chi connectivity index (χ1v) is 5.26. The first-order chi connectivity index (χ1) is 7.69. The number of carbonyl (C=O) groups is 1. The van der Waals surface area contributed by atoms with Crippen LogP contribution in [0.4, 0.5) is 4.39 Å². The van der Waals surface area contributed by atoms with Crippen LogP contribution >= 0.6 is 11.6 Å². The highest BCUT2D eigenvalue weighted by atomic mass is 35.5. The SMILES string of the molecule is CCOC(=O)/C(=C/F)Cc1ccccc1Cl. The summed E-state index contributed by atoms with van der Waals surface area (Å²) in [6.07, 6.45) is 0.399. The molecule has 0 N–H and O–H groups in total. The van der Waals surface area contributed by atoms with Crippen LogP contribution in [0.15, 0.2) is 36.2 Å². The average molecular weight is 243 g/mol. The summed E-state index contributed by atoms with van der Waals surface area (Å²) >= 11 is 5.91. The first-order valence-electron chi connectivity index (χ1n) is 4.88. The van der Waals surface area contributed by atoms with Crippen LogP contribution in [0.25, 0.3) is 0 Å². The van der Waals surface area contributed by atoms with Crippen molar-refractivity contribution < 1.29 is 13.9 Å². The van der Waals surface area contributed by atoms with E-state index >= 15 is 0 Å². The molecule has 0 aliphatic rings. The molecule has 0 fully saturated rings. The molecule has 0 aliphatic carbocycles. The van der Waals surface area contributed by atoms with Crippen LogP contribution in [-0.2, 0) is 16.0 Å². The monoisotopic (exact) mass is 242 g/mol. The molecular weight excluding hydrogens is 231 g/mol. The highest BCUT2D eigenvalue weighted by Gasteiger charge is 2.12. The molecule has 0 amide bonds. The summed E-state index contributed by atoms with van der Waals surface area (Å²) in [7, 11) is 0. The second-order valence-corrected chi connectivity index (χ2v) is 3.53. The molecule has 1 aromatic carbocycles. The molecule has 0 aromatic heterocycles. The lowest BCUT2D eigenvalue weighted by atomic mass is 10.1. The maximum atomic E-state index is 12.5. The largest absolute Gasteiger partial charge is 0.463 e. The predicted molar refractivity (Wildman–Crippen MR) is 61.0 cm³/mol. The van der Waals surface area contributed by atoms with Gasteiger partial charge >= 0.3 is 5.97 Å². The summed E-state index contributed by atoms with van der Waals surface area (Å²) in [5.41, 5.74) is 0.663. The summed E-state index contributed by atoms with van der Waals surface area (Å²) in [5.74, 6) is -0.648. The van der Waals surface area contributed by atoms with Gasteiger partial charge in [0.05, 0.1) is 18.5 Å². The molecule has 4 heteroatoms. The van der Waals surface area contributed by atoms with Crippen molar-refractivity contribution in [2.24, 2.45) is 0 Å². The van der Waals surface area contributed by atoms with Gasteiger partial charge in [-0.15, -0.1) is 0 Å². The van der Waals surface area contributed by atoms with E-state index in [1.165, 1.54) is 0 Å². The van der Waals surface area contributed by atoms with Gasteiger partial charge in [0, 0.05) is 11.4 Å². The molecule has 0 atom stereocenters. The fraction of sp³-hybridized carbons (Fsp3) is 0.250. The number of carbonyl (C=O) groups excluding carboxylic acids is 1. The Morgan fingerprint density at radius 2 is 2.19 bits per heavy atom. The zero-order valence-corrected chi connectivity index (χ0v) is 9.63. The van der Waals surface area contributed by atoms with Crippen LogP contribution < -0.4 is 0 Å². The van der Waals surface area contributed by atoms with Gasteiger partial charge in [0.25, 0.3) is 0 Å². The van der Waals surface area contributed by atoms with E-state index in [1.807, 2.05) is 0 Å². The van der Waals surface area contributed by atoms with E-state index in [0.717, 1.165) is 0 Å². The van der Waals surface area contributed by atoms with E-state index < -0.39 is 5.97 Å². The van der Waals surface area contributed by atoms with Gasteiger partial charge < -0.3 is 4.74 Å². The third-order valence-corrected chi connectivity index (χ3v) is 2.38. The van der Waals surface area contributed by atoms with Crippen LogP contribution in [0.1, 0.15) is 12.5 Å². The smallest absolute Gasteiger partial charge is 0.336 e. The van der Waals surface area contributed by atoms with Gasteiger partial charge in [-0.1, -0.05) is 29.8 Å². The van der Waals surface area contributed by atoms with Crippen LogP contribution in [0.2, 0.25) is 5.02 Å². The van der Waals surface area contributed by atoms with Crippen molar-refractivity contribution in [3.05, 3.63) is 46.8 Å². The van der Waals surface area contributed by atoms with Gasteiger partial charge in [-0.2, -0.15) is 0 Å². The summed E-state index contributed by atoms with van der Waals surface area (Å²) in [4.78, 5) is 11.3. The van der Waals surface area contributed by atoms with Crippen LogP contribution in [-0.4, -0.2) is 12.6 Å². The molecule has 0 bridgehead atoms. The van der Waals surface area contributed by atoms with Crippen LogP contribution in [0.3, 0.4) is 0 Å². The van der Waals surface area contributed by atoms with E-state index in [1.54, 1.807) is 31.2 Å². The normalized spacial score (nSPS) is 11.3. The summed E-state index contributed by atoms with van der Waals surface area (Å²) in [6.45, 7) is 1.89. The van der Waals surface area contributed by atoms with Gasteiger partial charge in [0.15, 0.2) is 0 Å². The third kappa shape index (κ3) is 3.35. The number of esters is 1. The highest BCUT2D eigenvalue weighted by molar-refractivity contribution is 6.31. The van der Waals surface area contributed by atoms with E-state index in [2.05, 4.69) is 0 Å². The molecule has 0 saturated carbocycles.